The van der Waals surface area contributed by atoms with Crippen LogP contribution in [-0.2, 0) is 16.0 Å². The number of carboxylic acid groups (broad SMARTS) is 1. The van der Waals surface area contributed by atoms with Gasteiger partial charge in [0, 0.05) is 17.6 Å². The molecule has 2 aromatic carbocycles. The summed E-state index contributed by atoms with van der Waals surface area (Å²) in [5.74, 6) is -1.55. The summed E-state index contributed by atoms with van der Waals surface area (Å²) in [6.07, 6.45) is 1.18. The Labute approximate surface area is 154 Å². The first-order valence-corrected chi connectivity index (χ1v) is 7.80. The highest BCUT2D eigenvalue weighted by molar-refractivity contribution is 6.34. The fraction of sp³-hybridized carbons (Fsp3) is 0.0556. The third-order valence-corrected chi connectivity index (χ3v) is 3.61. The van der Waals surface area contributed by atoms with Gasteiger partial charge in [0.15, 0.2) is 0 Å². The average molecular weight is 371 g/mol. The fourth-order valence-electron chi connectivity index (χ4n) is 2.02. The molecule has 8 heteroatoms. The third kappa shape index (κ3) is 5.26. The molecule has 0 heterocycles. The van der Waals surface area contributed by atoms with Gasteiger partial charge >= 0.3 is 5.97 Å². The Morgan fingerprint density at radius 1 is 1.23 bits per heavy atom. The summed E-state index contributed by atoms with van der Waals surface area (Å²) in [4.78, 5) is 22.8. The van der Waals surface area contributed by atoms with Gasteiger partial charge in [0.25, 0.3) is 5.91 Å². The van der Waals surface area contributed by atoms with Crippen molar-refractivity contribution < 1.29 is 14.7 Å². The van der Waals surface area contributed by atoms with Gasteiger partial charge in [-0.05, 0) is 35.9 Å². The van der Waals surface area contributed by atoms with Crippen molar-refractivity contribution in [2.45, 2.75) is 6.42 Å². The van der Waals surface area contributed by atoms with Gasteiger partial charge in [-0.15, -0.1) is 0 Å². The molecule has 0 atom stereocenters. The molecule has 2 aromatic rings. The van der Waals surface area contributed by atoms with E-state index in [0.29, 0.717) is 22.6 Å². The van der Waals surface area contributed by atoms with Crippen molar-refractivity contribution in [1.29, 1.82) is 5.26 Å². The normalized spacial score (nSPS) is 10.7. The number of amides is 1. The van der Waals surface area contributed by atoms with Gasteiger partial charge in [0.05, 0.1) is 17.1 Å². The molecule has 0 radical (unpaired) electrons. The van der Waals surface area contributed by atoms with E-state index in [9.17, 15) is 14.9 Å². The van der Waals surface area contributed by atoms with Gasteiger partial charge in [0.1, 0.15) is 11.6 Å². The molecule has 0 aliphatic carbocycles. The van der Waals surface area contributed by atoms with Crippen LogP contribution in [0.15, 0.2) is 54.2 Å². The SMILES string of the molecule is N#C/C(=C/Nc1ccc(CC(=O)O)cc1)C(=O)Nc1ccc(N)cc1Cl. The first kappa shape index (κ1) is 18.8. The van der Waals surface area contributed by atoms with Gasteiger partial charge < -0.3 is 21.5 Å². The highest BCUT2D eigenvalue weighted by atomic mass is 35.5. The number of carbonyl (C=O) groups is 2. The second kappa shape index (κ2) is 8.55. The largest absolute Gasteiger partial charge is 0.481 e. The van der Waals surface area contributed by atoms with E-state index in [-0.39, 0.29) is 17.0 Å². The zero-order valence-electron chi connectivity index (χ0n) is 13.5. The predicted molar refractivity (Wildman–Crippen MR) is 99.6 cm³/mol. The van der Waals surface area contributed by atoms with Crippen LogP contribution < -0.4 is 16.4 Å². The molecule has 26 heavy (non-hydrogen) atoms. The van der Waals surface area contributed by atoms with Crippen molar-refractivity contribution in [3.8, 4) is 6.07 Å². The zero-order chi connectivity index (χ0) is 19.1. The number of carbonyl (C=O) groups excluding carboxylic acids is 1. The second-order valence-electron chi connectivity index (χ2n) is 5.28. The van der Waals surface area contributed by atoms with E-state index in [0.717, 1.165) is 0 Å². The average Bonchev–Trinajstić information content (AvgIpc) is 2.59. The van der Waals surface area contributed by atoms with Crippen LogP contribution >= 0.6 is 11.6 Å². The summed E-state index contributed by atoms with van der Waals surface area (Å²) in [6, 6.07) is 13.0. The monoisotopic (exact) mass is 370 g/mol. The predicted octanol–water partition coefficient (Wildman–Crippen LogP) is 3.01. The van der Waals surface area contributed by atoms with Gasteiger partial charge in [-0.3, -0.25) is 9.59 Å². The lowest BCUT2D eigenvalue weighted by atomic mass is 10.1. The molecule has 0 saturated carbocycles. The van der Waals surface area contributed by atoms with Crippen molar-refractivity contribution in [1.82, 2.24) is 0 Å². The number of benzene rings is 2. The maximum absolute atomic E-state index is 12.2. The van der Waals surface area contributed by atoms with Crippen molar-refractivity contribution in [2.24, 2.45) is 0 Å². The van der Waals surface area contributed by atoms with Crippen LogP contribution in [0.3, 0.4) is 0 Å². The van der Waals surface area contributed by atoms with E-state index in [1.807, 2.05) is 0 Å². The maximum atomic E-state index is 12.2. The number of hydrogen-bond donors (Lipinski definition) is 4. The number of nitrogen functional groups attached to an aromatic ring is 1. The number of hydrogen-bond acceptors (Lipinski definition) is 5. The number of carboxylic acids is 1. The molecule has 0 aliphatic rings. The molecule has 0 saturated heterocycles. The van der Waals surface area contributed by atoms with E-state index in [1.165, 1.54) is 12.3 Å². The topological polar surface area (TPSA) is 128 Å². The van der Waals surface area contributed by atoms with Crippen molar-refractivity contribution in [2.75, 3.05) is 16.4 Å². The number of anilines is 3. The number of rotatable bonds is 6. The van der Waals surface area contributed by atoms with Crippen molar-refractivity contribution in [3.05, 3.63) is 64.8 Å². The number of nitriles is 1. The Kier molecular flexibility index (Phi) is 6.20. The Bertz CT molecular complexity index is 902. The quantitative estimate of drug-likeness (QED) is 0.351. The van der Waals surface area contributed by atoms with Crippen LogP contribution in [0.5, 0.6) is 0 Å². The number of nitrogens with two attached hydrogens (primary N) is 1. The lowest BCUT2D eigenvalue weighted by Crippen LogP contribution is -2.15. The molecule has 132 valence electrons. The molecule has 0 aliphatic heterocycles. The third-order valence-electron chi connectivity index (χ3n) is 3.30. The molecule has 0 bridgehead atoms. The van der Waals surface area contributed by atoms with Gasteiger partial charge in [-0.25, -0.2) is 0 Å². The van der Waals surface area contributed by atoms with Gasteiger partial charge in [-0.1, -0.05) is 23.7 Å². The lowest BCUT2D eigenvalue weighted by molar-refractivity contribution is -0.136. The first-order valence-electron chi connectivity index (χ1n) is 7.43. The molecule has 1 amide bonds. The summed E-state index contributed by atoms with van der Waals surface area (Å²) < 4.78 is 0. The smallest absolute Gasteiger partial charge is 0.307 e. The molecule has 5 N–H and O–H groups in total. The second-order valence-corrected chi connectivity index (χ2v) is 5.68. The summed E-state index contributed by atoms with van der Waals surface area (Å²) in [7, 11) is 0. The minimum Gasteiger partial charge on any atom is -0.481 e. The van der Waals surface area contributed by atoms with Crippen LogP contribution in [0.1, 0.15) is 5.56 Å². The molecule has 7 nitrogen and oxygen atoms in total. The van der Waals surface area contributed by atoms with Crippen LogP contribution in [-0.4, -0.2) is 17.0 Å². The standard InChI is InChI=1S/C18H15ClN4O3/c19-15-8-13(21)3-6-16(15)23-18(26)12(9-20)10-22-14-4-1-11(2-5-14)7-17(24)25/h1-6,8,10,22H,7,21H2,(H,23,26)(H,24,25)/b12-10-. The zero-order valence-corrected chi connectivity index (χ0v) is 14.2. The van der Waals surface area contributed by atoms with Crippen LogP contribution in [0.4, 0.5) is 17.1 Å². The summed E-state index contributed by atoms with van der Waals surface area (Å²) in [5.41, 5.74) is 7.47. The van der Waals surface area contributed by atoms with E-state index >= 15 is 0 Å². The van der Waals surface area contributed by atoms with Crippen LogP contribution in [0, 0.1) is 11.3 Å². The maximum Gasteiger partial charge on any atom is 0.307 e. The lowest BCUT2D eigenvalue weighted by Gasteiger charge is -2.08. The van der Waals surface area contributed by atoms with Crippen LogP contribution in [0.25, 0.3) is 0 Å². The summed E-state index contributed by atoms with van der Waals surface area (Å²) in [5, 5.41) is 23.5. The molecule has 0 aromatic heterocycles. The Balaban J connectivity index is 2.06. The Hall–Kier alpha value is -3.50. The van der Waals surface area contributed by atoms with E-state index < -0.39 is 11.9 Å². The van der Waals surface area contributed by atoms with Gasteiger partial charge in [-0.2, -0.15) is 5.26 Å². The van der Waals surface area contributed by atoms with Crippen molar-refractivity contribution in [3.63, 3.8) is 0 Å². The van der Waals surface area contributed by atoms with Crippen molar-refractivity contribution >= 4 is 40.5 Å². The number of aliphatic carboxylic acids is 1. The number of nitrogens with one attached hydrogen (secondary N) is 2. The number of nitrogens with zero attached hydrogens (tertiary/aromatic N) is 1. The molecular formula is C18H15ClN4O3. The molecule has 0 spiro atoms. The molecule has 0 fully saturated rings. The number of halogens is 1. The minimum absolute atomic E-state index is 0.0790. The summed E-state index contributed by atoms with van der Waals surface area (Å²) >= 11 is 5.99. The molecular weight excluding hydrogens is 356 g/mol. The molecule has 2 rings (SSSR count). The Morgan fingerprint density at radius 3 is 2.50 bits per heavy atom. The van der Waals surface area contributed by atoms with E-state index in [2.05, 4.69) is 10.6 Å². The Morgan fingerprint density at radius 2 is 1.92 bits per heavy atom. The minimum atomic E-state index is -0.921. The first-order chi connectivity index (χ1) is 12.4. The highest BCUT2D eigenvalue weighted by Gasteiger charge is 2.11. The highest BCUT2D eigenvalue weighted by Crippen LogP contribution is 2.24. The fourth-order valence-corrected chi connectivity index (χ4v) is 2.26. The summed E-state index contributed by atoms with van der Waals surface area (Å²) in [6.45, 7) is 0. The van der Waals surface area contributed by atoms with E-state index in [1.54, 1.807) is 42.5 Å². The van der Waals surface area contributed by atoms with Crippen LogP contribution in [0.2, 0.25) is 5.02 Å². The van der Waals surface area contributed by atoms with E-state index in [4.69, 9.17) is 22.4 Å². The molecule has 0 unspecified atom stereocenters. The van der Waals surface area contributed by atoms with Gasteiger partial charge in [0.2, 0.25) is 0 Å².